The van der Waals surface area contributed by atoms with Crippen molar-refractivity contribution in [2.75, 3.05) is 16.8 Å². The molecule has 1 N–H and O–H groups in total. The Morgan fingerprint density at radius 1 is 1.10 bits per heavy atom. The highest BCUT2D eigenvalue weighted by molar-refractivity contribution is 7.15. The van der Waals surface area contributed by atoms with Gasteiger partial charge in [-0.3, -0.25) is 19.3 Å². The second-order valence-electron chi connectivity index (χ2n) is 6.53. The Morgan fingerprint density at radius 2 is 1.87 bits per heavy atom. The average Bonchev–Trinajstić information content (AvgIpc) is 3.39. The van der Waals surface area contributed by atoms with Crippen LogP contribution in [-0.2, 0) is 9.59 Å². The minimum Gasteiger partial charge on any atom is -0.325 e. The van der Waals surface area contributed by atoms with E-state index < -0.39 is 11.5 Å². The van der Waals surface area contributed by atoms with Crippen molar-refractivity contribution < 1.29 is 9.59 Å². The van der Waals surface area contributed by atoms with Crippen molar-refractivity contribution in [3.05, 3.63) is 80.3 Å². The molecule has 2 aromatic heterocycles. The Morgan fingerprint density at radius 3 is 2.63 bits per heavy atom. The fourth-order valence-corrected chi connectivity index (χ4v) is 4.46. The second-order valence-corrected chi connectivity index (χ2v) is 7.94. The first-order valence-electron chi connectivity index (χ1n) is 8.86. The molecule has 0 atom stereocenters. The highest BCUT2D eigenvalue weighted by Gasteiger charge is 2.35. The molecule has 148 valence electrons. The minimum atomic E-state index is -0.413. The summed E-state index contributed by atoms with van der Waals surface area (Å²) in [5.74, 6) is -0.782. The summed E-state index contributed by atoms with van der Waals surface area (Å²) in [6, 6.07) is 13.7. The third kappa shape index (κ3) is 2.95. The second kappa shape index (κ2) is 7.05. The van der Waals surface area contributed by atoms with Gasteiger partial charge < -0.3 is 5.32 Å². The van der Waals surface area contributed by atoms with E-state index in [4.69, 9.17) is 11.6 Å². The summed E-state index contributed by atoms with van der Waals surface area (Å²) in [4.78, 5) is 44.4. The van der Waals surface area contributed by atoms with Crippen LogP contribution in [0.4, 0.5) is 11.4 Å². The molecule has 8 nitrogen and oxygen atoms in total. The summed E-state index contributed by atoms with van der Waals surface area (Å²) >= 11 is 6.96. The van der Waals surface area contributed by atoms with E-state index in [0.717, 1.165) is 11.3 Å². The van der Waals surface area contributed by atoms with Gasteiger partial charge in [0.2, 0.25) is 10.9 Å². The van der Waals surface area contributed by atoms with Crippen molar-refractivity contribution in [2.45, 2.75) is 0 Å². The third-order valence-electron chi connectivity index (χ3n) is 4.68. The fourth-order valence-electron chi connectivity index (χ4n) is 3.36. The van der Waals surface area contributed by atoms with E-state index in [1.54, 1.807) is 48.5 Å². The lowest BCUT2D eigenvalue weighted by molar-refractivity contribution is -0.118. The molecule has 1 aliphatic heterocycles. The van der Waals surface area contributed by atoms with Gasteiger partial charge in [0.15, 0.2) is 0 Å². The molecule has 0 radical (unpaired) electrons. The lowest BCUT2D eigenvalue weighted by Gasteiger charge is -2.16. The molecule has 0 bridgehead atoms. The molecule has 2 amide bonds. The van der Waals surface area contributed by atoms with E-state index in [-0.39, 0.29) is 22.6 Å². The van der Waals surface area contributed by atoms with E-state index in [0.29, 0.717) is 26.9 Å². The van der Waals surface area contributed by atoms with Crippen LogP contribution in [0.25, 0.3) is 10.5 Å². The average molecular weight is 438 g/mol. The number of nitrogens with one attached hydrogen (secondary N) is 1. The Bertz CT molecular complexity index is 1430. The van der Waals surface area contributed by atoms with Crippen molar-refractivity contribution >= 4 is 56.7 Å². The number of para-hydroxylation sites is 1. The molecule has 0 saturated carbocycles. The summed E-state index contributed by atoms with van der Waals surface area (Å²) in [6.45, 7) is -0.197. The van der Waals surface area contributed by atoms with Gasteiger partial charge in [-0.2, -0.15) is 9.61 Å². The summed E-state index contributed by atoms with van der Waals surface area (Å²) in [5, 5.41) is 7.21. The van der Waals surface area contributed by atoms with E-state index in [2.05, 4.69) is 15.4 Å². The van der Waals surface area contributed by atoms with Crippen LogP contribution in [0.5, 0.6) is 0 Å². The van der Waals surface area contributed by atoms with E-state index in [1.165, 1.54) is 15.7 Å². The molecule has 0 unspecified atom stereocenters. The molecule has 3 heterocycles. The van der Waals surface area contributed by atoms with Gasteiger partial charge in [-0.15, -0.1) is 0 Å². The Balaban J connectivity index is 1.54. The van der Waals surface area contributed by atoms with Crippen LogP contribution in [0.3, 0.4) is 0 Å². The number of carbonyl (C=O) groups is 2. The quantitative estimate of drug-likeness (QED) is 0.526. The largest absolute Gasteiger partial charge is 0.325 e. The first-order chi connectivity index (χ1) is 14.5. The number of nitrogens with zero attached hydrogens (tertiary/aromatic N) is 4. The summed E-state index contributed by atoms with van der Waals surface area (Å²) in [6.07, 6.45) is 1.29. The topological polar surface area (TPSA) is 96.7 Å². The van der Waals surface area contributed by atoms with Gasteiger partial charge in [0.1, 0.15) is 17.4 Å². The summed E-state index contributed by atoms with van der Waals surface area (Å²) in [5.41, 5.74) is 1.59. The number of rotatable bonds is 3. The molecule has 0 spiro atoms. The zero-order valence-corrected chi connectivity index (χ0v) is 16.8. The van der Waals surface area contributed by atoms with Gasteiger partial charge in [0.25, 0.3) is 11.5 Å². The SMILES string of the molecule is O=C(CN1C(=O)C(=c2sc3ncnn3c2=O)c2ccccc21)Nc1ccc(Cl)cc1. The fraction of sp³-hybridized carbons (Fsp3) is 0.0500. The number of hydrogen-bond donors (Lipinski definition) is 1. The Labute approximate surface area is 178 Å². The van der Waals surface area contributed by atoms with E-state index in [9.17, 15) is 14.4 Å². The van der Waals surface area contributed by atoms with E-state index in [1.807, 2.05) is 0 Å². The molecule has 0 aliphatic carbocycles. The van der Waals surface area contributed by atoms with Crippen LogP contribution >= 0.6 is 22.9 Å². The van der Waals surface area contributed by atoms with Crippen LogP contribution in [0.15, 0.2) is 59.7 Å². The molecule has 5 rings (SSSR count). The van der Waals surface area contributed by atoms with Crippen LogP contribution in [-0.4, -0.2) is 33.0 Å². The van der Waals surface area contributed by atoms with Crippen molar-refractivity contribution in [3.63, 3.8) is 0 Å². The van der Waals surface area contributed by atoms with Crippen molar-refractivity contribution in [1.82, 2.24) is 14.6 Å². The van der Waals surface area contributed by atoms with Crippen LogP contribution in [0.2, 0.25) is 5.02 Å². The predicted molar refractivity (Wildman–Crippen MR) is 114 cm³/mol. The number of carbonyl (C=O) groups excluding carboxylic acids is 2. The van der Waals surface area contributed by atoms with Gasteiger partial charge in [0, 0.05) is 16.3 Å². The van der Waals surface area contributed by atoms with Crippen LogP contribution in [0, 0.1) is 0 Å². The molecule has 0 fully saturated rings. The number of fused-ring (bicyclic) bond motifs is 2. The van der Waals surface area contributed by atoms with E-state index >= 15 is 0 Å². The first kappa shape index (κ1) is 18.5. The normalized spacial score (nSPS) is 15.0. The van der Waals surface area contributed by atoms with Gasteiger partial charge in [-0.25, -0.2) is 4.98 Å². The molecule has 4 aromatic rings. The molecule has 0 saturated heterocycles. The van der Waals surface area contributed by atoms with Crippen molar-refractivity contribution in [2.24, 2.45) is 0 Å². The highest BCUT2D eigenvalue weighted by Crippen LogP contribution is 2.35. The standard InChI is InChI=1S/C20H12ClN5O3S/c21-11-5-7-12(8-6-11)24-15(27)9-25-14-4-2-1-3-13(14)16(18(25)28)17-19(29)26-20(30-17)22-10-23-26/h1-8,10H,9H2,(H,24,27). The van der Waals surface area contributed by atoms with Gasteiger partial charge in [0.05, 0.1) is 11.3 Å². The number of benzene rings is 2. The lowest BCUT2D eigenvalue weighted by atomic mass is 10.1. The lowest BCUT2D eigenvalue weighted by Crippen LogP contribution is -2.37. The number of hydrogen-bond acceptors (Lipinski definition) is 6. The molecule has 1 aliphatic rings. The number of amides is 2. The molecule has 30 heavy (non-hydrogen) atoms. The zero-order chi connectivity index (χ0) is 20.8. The number of thiazole rings is 1. The number of anilines is 2. The first-order valence-corrected chi connectivity index (χ1v) is 10.1. The van der Waals surface area contributed by atoms with Crippen molar-refractivity contribution in [1.29, 1.82) is 0 Å². The maximum Gasteiger partial charge on any atom is 0.291 e. The predicted octanol–water partition coefficient (Wildman–Crippen LogP) is 1.71. The van der Waals surface area contributed by atoms with Crippen molar-refractivity contribution in [3.8, 4) is 0 Å². The van der Waals surface area contributed by atoms with Gasteiger partial charge in [-0.05, 0) is 30.3 Å². The number of halogens is 1. The number of aromatic nitrogens is 3. The zero-order valence-electron chi connectivity index (χ0n) is 15.2. The highest BCUT2D eigenvalue weighted by atomic mass is 35.5. The van der Waals surface area contributed by atoms with Crippen LogP contribution in [0.1, 0.15) is 5.56 Å². The van der Waals surface area contributed by atoms with Gasteiger partial charge >= 0.3 is 0 Å². The molecular formula is C20H12ClN5O3S. The Kier molecular flexibility index (Phi) is 4.34. The summed E-state index contributed by atoms with van der Waals surface area (Å²) in [7, 11) is 0. The summed E-state index contributed by atoms with van der Waals surface area (Å²) < 4.78 is 1.42. The smallest absolute Gasteiger partial charge is 0.291 e. The monoisotopic (exact) mass is 437 g/mol. The molecule has 10 heteroatoms. The molecule has 2 aromatic carbocycles. The Hall–Kier alpha value is -3.56. The minimum absolute atomic E-state index is 0.197. The van der Waals surface area contributed by atoms with Gasteiger partial charge in [-0.1, -0.05) is 41.1 Å². The molecular weight excluding hydrogens is 426 g/mol. The maximum atomic E-state index is 13.3. The maximum absolute atomic E-state index is 13.3. The third-order valence-corrected chi connectivity index (χ3v) is 5.97. The van der Waals surface area contributed by atoms with Crippen LogP contribution < -0.4 is 20.3 Å².